The van der Waals surface area contributed by atoms with Crippen LogP contribution < -0.4 is 0 Å². The maximum Gasteiger partial charge on any atom is 0.383 e. The zero-order chi connectivity index (χ0) is 29.7. The first-order valence-corrected chi connectivity index (χ1v) is 16.0. The number of hydrogen-bond acceptors (Lipinski definition) is 1. The SMILES string of the molecule is CCCCCc1ccc(C(F)(F)OC2CCC(C3CCC(c4ccc(-c5ccc(Cl)c(F)c5)c(F)c4)CC3)CC2)cc1. The Morgan fingerprint density at radius 1 is 0.762 bits per heavy atom. The second-order valence-corrected chi connectivity index (χ2v) is 12.7. The first-order chi connectivity index (χ1) is 20.2. The molecule has 0 aliphatic heterocycles. The highest BCUT2D eigenvalue weighted by Crippen LogP contribution is 2.45. The van der Waals surface area contributed by atoms with Gasteiger partial charge in [-0.2, -0.15) is 8.78 Å². The fraction of sp³-hybridized carbons (Fsp3) is 0.500. The van der Waals surface area contributed by atoms with Crippen LogP contribution in [0.2, 0.25) is 5.02 Å². The van der Waals surface area contributed by atoms with Gasteiger partial charge >= 0.3 is 6.11 Å². The summed E-state index contributed by atoms with van der Waals surface area (Å²) in [6, 6.07) is 16.3. The Morgan fingerprint density at radius 2 is 1.43 bits per heavy atom. The minimum absolute atomic E-state index is 0.0186. The van der Waals surface area contributed by atoms with Gasteiger partial charge in [-0.1, -0.05) is 73.8 Å². The molecule has 0 aromatic heterocycles. The van der Waals surface area contributed by atoms with E-state index in [1.807, 2.05) is 6.07 Å². The van der Waals surface area contributed by atoms with E-state index in [2.05, 4.69) is 6.92 Å². The van der Waals surface area contributed by atoms with Gasteiger partial charge in [0.05, 0.1) is 16.7 Å². The lowest BCUT2D eigenvalue weighted by atomic mass is 9.69. The molecule has 5 rings (SSSR count). The lowest BCUT2D eigenvalue weighted by Gasteiger charge is -2.38. The molecule has 42 heavy (non-hydrogen) atoms. The normalized spacial score (nSPS) is 23.2. The minimum atomic E-state index is -3.27. The van der Waals surface area contributed by atoms with E-state index in [0.717, 1.165) is 75.3 Å². The fourth-order valence-electron chi connectivity index (χ4n) is 7.01. The van der Waals surface area contributed by atoms with Gasteiger partial charge in [0.2, 0.25) is 0 Å². The van der Waals surface area contributed by atoms with Crippen LogP contribution in [0.1, 0.15) is 100 Å². The Hall–Kier alpha value is -2.37. The molecule has 0 atom stereocenters. The van der Waals surface area contributed by atoms with Crippen LogP contribution in [0, 0.1) is 23.5 Å². The molecule has 2 fully saturated rings. The van der Waals surface area contributed by atoms with Crippen molar-refractivity contribution in [3.8, 4) is 11.1 Å². The van der Waals surface area contributed by atoms with Crippen LogP contribution in [0.5, 0.6) is 0 Å². The Balaban J connectivity index is 1.09. The smallest absolute Gasteiger partial charge is 0.313 e. The van der Waals surface area contributed by atoms with Gasteiger partial charge in [-0.3, -0.25) is 0 Å². The number of halogens is 5. The number of rotatable bonds is 10. The summed E-state index contributed by atoms with van der Waals surface area (Å²) in [5, 5.41) is 0.0186. The van der Waals surface area contributed by atoms with E-state index < -0.39 is 18.0 Å². The zero-order valence-electron chi connectivity index (χ0n) is 24.4. The molecule has 2 aliphatic carbocycles. The molecule has 0 unspecified atom stereocenters. The Morgan fingerprint density at radius 3 is 2.05 bits per heavy atom. The van der Waals surface area contributed by atoms with Gasteiger partial charge in [0.25, 0.3) is 0 Å². The predicted molar refractivity (Wildman–Crippen MR) is 162 cm³/mol. The molecule has 0 saturated heterocycles. The third-order valence-corrected chi connectivity index (χ3v) is 9.83. The number of ether oxygens (including phenoxy) is 1. The summed E-state index contributed by atoms with van der Waals surface area (Å²) >= 11 is 5.77. The first-order valence-electron chi connectivity index (χ1n) is 15.6. The number of alkyl halides is 2. The van der Waals surface area contributed by atoms with Crippen LogP contribution in [0.25, 0.3) is 11.1 Å². The quantitative estimate of drug-likeness (QED) is 0.166. The molecule has 2 saturated carbocycles. The third kappa shape index (κ3) is 7.58. The molecule has 3 aromatic rings. The summed E-state index contributed by atoms with van der Waals surface area (Å²) in [7, 11) is 0. The lowest BCUT2D eigenvalue weighted by Crippen LogP contribution is -2.32. The van der Waals surface area contributed by atoms with Gasteiger partial charge in [-0.25, -0.2) is 8.78 Å². The van der Waals surface area contributed by atoms with E-state index in [1.54, 1.807) is 30.3 Å². The highest BCUT2D eigenvalue weighted by atomic mass is 35.5. The molecule has 0 radical (unpaired) electrons. The average Bonchev–Trinajstić information content (AvgIpc) is 2.99. The number of aryl methyl sites for hydroxylation is 1. The van der Waals surface area contributed by atoms with Gasteiger partial charge in [0.1, 0.15) is 11.6 Å². The van der Waals surface area contributed by atoms with Crippen molar-refractivity contribution in [2.75, 3.05) is 0 Å². The van der Waals surface area contributed by atoms with Crippen molar-refractivity contribution in [1.29, 1.82) is 0 Å². The molecule has 0 amide bonds. The summed E-state index contributed by atoms with van der Waals surface area (Å²) in [5.74, 6) is 0.482. The highest BCUT2D eigenvalue weighted by Gasteiger charge is 2.39. The first kappa shape index (κ1) is 31.1. The van der Waals surface area contributed by atoms with E-state index in [4.69, 9.17) is 16.3 Å². The maximum atomic E-state index is 15.0. The van der Waals surface area contributed by atoms with E-state index in [9.17, 15) is 13.2 Å². The van der Waals surface area contributed by atoms with Crippen LogP contribution in [-0.4, -0.2) is 6.10 Å². The molecule has 0 N–H and O–H groups in total. The van der Waals surface area contributed by atoms with E-state index in [-0.39, 0.29) is 16.4 Å². The van der Waals surface area contributed by atoms with Crippen molar-refractivity contribution >= 4 is 11.6 Å². The van der Waals surface area contributed by atoms with Crippen molar-refractivity contribution in [3.63, 3.8) is 0 Å². The van der Waals surface area contributed by atoms with Crippen molar-refractivity contribution < 1.29 is 22.3 Å². The summed E-state index contributed by atoms with van der Waals surface area (Å²) in [5.41, 5.74) is 2.85. The number of benzene rings is 3. The maximum absolute atomic E-state index is 15.0. The van der Waals surface area contributed by atoms with Crippen LogP contribution in [0.4, 0.5) is 17.6 Å². The summed E-state index contributed by atoms with van der Waals surface area (Å²) < 4.78 is 64.2. The molecule has 226 valence electrons. The van der Waals surface area contributed by atoms with Crippen LogP contribution in [0.15, 0.2) is 60.7 Å². The van der Waals surface area contributed by atoms with Crippen molar-refractivity contribution in [3.05, 3.63) is 94.0 Å². The Labute approximate surface area is 252 Å². The van der Waals surface area contributed by atoms with Gasteiger partial charge in [0.15, 0.2) is 0 Å². The van der Waals surface area contributed by atoms with Crippen LogP contribution >= 0.6 is 11.6 Å². The molecule has 0 heterocycles. The van der Waals surface area contributed by atoms with Crippen LogP contribution in [-0.2, 0) is 17.3 Å². The lowest BCUT2D eigenvalue weighted by molar-refractivity contribution is -0.278. The van der Waals surface area contributed by atoms with Crippen molar-refractivity contribution in [2.24, 2.45) is 11.8 Å². The van der Waals surface area contributed by atoms with Crippen molar-refractivity contribution in [2.45, 2.75) is 102 Å². The van der Waals surface area contributed by atoms with E-state index in [1.165, 1.54) is 24.3 Å². The molecule has 0 bridgehead atoms. The second-order valence-electron chi connectivity index (χ2n) is 12.3. The van der Waals surface area contributed by atoms with Gasteiger partial charge in [-0.05, 0) is 117 Å². The molecule has 6 heteroatoms. The number of hydrogen-bond donors (Lipinski definition) is 0. The fourth-order valence-corrected chi connectivity index (χ4v) is 7.12. The molecular formula is C36H41ClF4O. The van der Waals surface area contributed by atoms with Crippen LogP contribution in [0.3, 0.4) is 0 Å². The molecule has 3 aromatic carbocycles. The van der Waals surface area contributed by atoms with E-state index in [0.29, 0.717) is 41.7 Å². The molecule has 1 nitrogen and oxygen atoms in total. The summed E-state index contributed by atoms with van der Waals surface area (Å²) in [4.78, 5) is 0. The standard InChI is InChI=1S/C36H41ClF4O/c1-2-3-4-5-24-6-16-30(17-7-24)36(40,41)42-31-18-12-26(13-19-31)25-8-10-27(11-9-25)28-14-20-32(34(38)22-28)29-15-21-33(37)35(39)23-29/h6-7,14-17,20-23,25-27,31H,2-5,8-13,18-19H2,1H3. The monoisotopic (exact) mass is 600 g/mol. The third-order valence-electron chi connectivity index (χ3n) is 9.53. The van der Waals surface area contributed by atoms with Gasteiger partial charge in [0, 0.05) is 5.56 Å². The van der Waals surface area contributed by atoms with Crippen molar-refractivity contribution in [1.82, 2.24) is 0 Å². The van der Waals surface area contributed by atoms with Gasteiger partial charge < -0.3 is 4.74 Å². The topological polar surface area (TPSA) is 9.23 Å². The largest absolute Gasteiger partial charge is 0.383 e. The second kappa shape index (κ2) is 13.9. The minimum Gasteiger partial charge on any atom is -0.313 e. The molecule has 0 spiro atoms. The summed E-state index contributed by atoms with van der Waals surface area (Å²) in [6.07, 6.45) is 7.83. The summed E-state index contributed by atoms with van der Waals surface area (Å²) in [6.45, 7) is 2.15. The van der Waals surface area contributed by atoms with E-state index >= 15 is 4.39 Å². The molecule has 2 aliphatic rings. The van der Waals surface area contributed by atoms with Gasteiger partial charge in [-0.15, -0.1) is 0 Å². The number of unbranched alkanes of at least 4 members (excludes halogenated alkanes) is 2. The average molecular weight is 601 g/mol. The Bertz CT molecular complexity index is 1310. The highest BCUT2D eigenvalue weighted by molar-refractivity contribution is 6.30. The zero-order valence-corrected chi connectivity index (χ0v) is 25.1. The predicted octanol–water partition coefficient (Wildman–Crippen LogP) is 11.6. The molecular weight excluding hydrogens is 560 g/mol. The Kier molecular flexibility index (Phi) is 10.3.